The van der Waals surface area contributed by atoms with E-state index in [1.165, 1.54) is 11.8 Å². The number of hydrogen-bond donors (Lipinski definition) is 2. The number of nitrogens with one attached hydrogen (secondary N) is 2. The van der Waals surface area contributed by atoms with Crippen LogP contribution in [0.25, 0.3) is 0 Å². The molecular formula is C20H25N5O2S. The first-order chi connectivity index (χ1) is 13.6. The van der Waals surface area contributed by atoms with Gasteiger partial charge in [0.1, 0.15) is 5.82 Å². The first-order valence-corrected chi connectivity index (χ1v) is 10.4. The third-order valence-corrected chi connectivity index (χ3v) is 5.42. The topological polar surface area (TPSA) is 88.9 Å². The van der Waals surface area contributed by atoms with Gasteiger partial charge in [-0.05, 0) is 30.9 Å². The van der Waals surface area contributed by atoms with Gasteiger partial charge in [-0.15, -0.1) is 16.8 Å². The minimum absolute atomic E-state index is 0.0654. The van der Waals surface area contributed by atoms with Crippen LogP contribution in [0.3, 0.4) is 0 Å². The highest BCUT2D eigenvalue weighted by Gasteiger charge is 2.30. The predicted molar refractivity (Wildman–Crippen MR) is 110 cm³/mol. The van der Waals surface area contributed by atoms with Crippen molar-refractivity contribution in [1.29, 1.82) is 0 Å². The van der Waals surface area contributed by atoms with Crippen LogP contribution >= 0.6 is 11.8 Å². The number of rotatable bonds is 10. The van der Waals surface area contributed by atoms with Crippen LogP contribution in [0.4, 0.5) is 5.69 Å². The number of thioether (sulfide) groups is 1. The Morgan fingerprint density at radius 1 is 1.29 bits per heavy atom. The maximum atomic E-state index is 12.1. The average Bonchev–Trinajstić information content (AvgIpc) is 3.47. The van der Waals surface area contributed by atoms with Crippen LogP contribution in [0.5, 0.6) is 0 Å². The van der Waals surface area contributed by atoms with Crippen molar-refractivity contribution in [2.24, 2.45) is 0 Å². The molecule has 0 unspecified atom stereocenters. The summed E-state index contributed by atoms with van der Waals surface area (Å²) < 4.78 is 2.01. The quantitative estimate of drug-likeness (QED) is 0.474. The van der Waals surface area contributed by atoms with Crippen molar-refractivity contribution in [2.75, 3.05) is 17.6 Å². The zero-order chi connectivity index (χ0) is 19.9. The van der Waals surface area contributed by atoms with Crippen LogP contribution in [0, 0.1) is 0 Å². The van der Waals surface area contributed by atoms with Crippen molar-refractivity contribution in [1.82, 2.24) is 20.1 Å². The number of nitrogens with zero attached hydrogens (tertiary/aromatic N) is 3. The standard InChI is InChI=1S/C20H25N5O2S/c1-3-11-25-19(15-9-10-15)23-24-20(25)28-13-18(27)21-12-17(26)22-16-8-6-5-7-14(16)4-2/h3,5-8,15H,1,4,9-13H2,2H3,(H,21,27)(H,22,26). The minimum atomic E-state index is -0.245. The first-order valence-electron chi connectivity index (χ1n) is 9.43. The minimum Gasteiger partial charge on any atom is -0.346 e. The van der Waals surface area contributed by atoms with Crippen molar-refractivity contribution >= 4 is 29.3 Å². The van der Waals surface area contributed by atoms with Gasteiger partial charge in [0.15, 0.2) is 5.16 Å². The molecule has 1 aliphatic carbocycles. The summed E-state index contributed by atoms with van der Waals surface area (Å²) in [6, 6.07) is 7.64. The van der Waals surface area contributed by atoms with Crippen molar-refractivity contribution in [2.45, 2.75) is 43.8 Å². The third-order valence-electron chi connectivity index (χ3n) is 4.45. The molecule has 1 saturated carbocycles. The summed E-state index contributed by atoms with van der Waals surface area (Å²) in [6.45, 7) is 6.37. The van der Waals surface area contributed by atoms with Crippen molar-refractivity contribution in [3.63, 3.8) is 0 Å². The molecule has 2 N–H and O–H groups in total. The van der Waals surface area contributed by atoms with E-state index in [-0.39, 0.29) is 24.1 Å². The van der Waals surface area contributed by atoms with E-state index < -0.39 is 0 Å². The fourth-order valence-electron chi connectivity index (χ4n) is 2.86. The number of carbonyl (C=O) groups is 2. The number of carbonyl (C=O) groups excluding carboxylic acids is 2. The molecule has 148 valence electrons. The molecule has 1 heterocycles. The molecule has 28 heavy (non-hydrogen) atoms. The van der Waals surface area contributed by atoms with Crippen molar-refractivity contribution in [3.8, 4) is 0 Å². The normalized spacial score (nSPS) is 13.2. The SMILES string of the molecule is C=CCn1c(SCC(=O)NCC(=O)Nc2ccccc2CC)nnc1C1CC1. The molecule has 7 nitrogen and oxygen atoms in total. The van der Waals surface area contributed by atoms with Gasteiger partial charge in [0.25, 0.3) is 0 Å². The Morgan fingerprint density at radius 2 is 2.07 bits per heavy atom. The second kappa shape index (κ2) is 9.54. The summed E-state index contributed by atoms with van der Waals surface area (Å²) in [7, 11) is 0. The summed E-state index contributed by atoms with van der Waals surface area (Å²) in [5.74, 6) is 1.16. The van der Waals surface area contributed by atoms with E-state index in [0.29, 0.717) is 17.6 Å². The molecule has 2 amide bonds. The van der Waals surface area contributed by atoms with Crippen LogP contribution in [0.2, 0.25) is 0 Å². The highest BCUT2D eigenvalue weighted by molar-refractivity contribution is 7.99. The van der Waals surface area contributed by atoms with E-state index in [0.717, 1.165) is 36.3 Å². The second-order valence-corrected chi connectivity index (χ2v) is 7.58. The maximum absolute atomic E-state index is 12.1. The number of anilines is 1. The monoisotopic (exact) mass is 399 g/mol. The van der Waals surface area contributed by atoms with Gasteiger partial charge in [-0.25, -0.2) is 0 Å². The van der Waals surface area contributed by atoms with Crippen LogP contribution in [-0.4, -0.2) is 38.9 Å². The van der Waals surface area contributed by atoms with E-state index in [1.54, 1.807) is 6.08 Å². The maximum Gasteiger partial charge on any atom is 0.243 e. The van der Waals surface area contributed by atoms with Crippen molar-refractivity contribution < 1.29 is 9.59 Å². The van der Waals surface area contributed by atoms with Gasteiger partial charge >= 0.3 is 0 Å². The third kappa shape index (κ3) is 5.22. The lowest BCUT2D eigenvalue weighted by atomic mass is 10.1. The molecule has 0 spiro atoms. The summed E-state index contributed by atoms with van der Waals surface area (Å²) in [4.78, 5) is 24.2. The molecule has 0 radical (unpaired) electrons. The highest BCUT2D eigenvalue weighted by atomic mass is 32.2. The Kier molecular flexibility index (Phi) is 6.86. The Hall–Kier alpha value is -2.61. The van der Waals surface area contributed by atoms with E-state index in [1.807, 2.05) is 35.8 Å². The zero-order valence-corrected chi connectivity index (χ0v) is 16.8. The van der Waals surface area contributed by atoms with Gasteiger partial charge in [0, 0.05) is 18.2 Å². The van der Waals surface area contributed by atoms with Gasteiger partial charge in [0.05, 0.1) is 12.3 Å². The molecule has 1 aliphatic rings. The second-order valence-electron chi connectivity index (χ2n) is 6.64. The molecule has 1 aromatic carbocycles. The molecule has 0 atom stereocenters. The van der Waals surface area contributed by atoms with E-state index in [2.05, 4.69) is 27.4 Å². The molecule has 1 aromatic heterocycles. The lowest BCUT2D eigenvalue weighted by molar-refractivity contribution is -0.122. The van der Waals surface area contributed by atoms with Crippen LogP contribution < -0.4 is 10.6 Å². The van der Waals surface area contributed by atoms with Crippen LogP contribution in [-0.2, 0) is 22.6 Å². The van der Waals surface area contributed by atoms with Gasteiger partial charge in [-0.3, -0.25) is 9.59 Å². The number of aryl methyl sites for hydroxylation is 1. The largest absolute Gasteiger partial charge is 0.346 e. The lowest BCUT2D eigenvalue weighted by Crippen LogP contribution is -2.34. The Labute approximate surface area is 169 Å². The highest BCUT2D eigenvalue weighted by Crippen LogP contribution is 2.40. The average molecular weight is 400 g/mol. The number of aromatic nitrogens is 3. The summed E-state index contributed by atoms with van der Waals surface area (Å²) in [6.07, 6.45) is 4.90. The van der Waals surface area contributed by atoms with Crippen molar-refractivity contribution in [3.05, 3.63) is 48.3 Å². The fraction of sp³-hybridized carbons (Fsp3) is 0.400. The summed E-state index contributed by atoms with van der Waals surface area (Å²) in [5, 5.41) is 14.7. The molecular weight excluding hydrogens is 374 g/mol. The number of amides is 2. The van der Waals surface area contributed by atoms with E-state index in [9.17, 15) is 9.59 Å². The number of allylic oxidation sites excluding steroid dienone is 1. The Morgan fingerprint density at radius 3 is 2.79 bits per heavy atom. The summed E-state index contributed by atoms with van der Waals surface area (Å²) in [5.41, 5.74) is 1.84. The van der Waals surface area contributed by atoms with E-state index >= 15 is 0 Å². The number of para-hydroxylation sites is 1. The fourth-order valence-corrected chi connectivity index (χ4v) is 3.64. The smallest absolute Gasteiger partial charge is 0.243 e. The molecule has 0 aliphatic heterocycles. The van der Waals surface area contributed by atoms with Gasteiger partial charge in [-0.2, -0.15) is 0 Å². The van der Waals surface area contributed by atoms with Gasteiger partial charge < -0.3 is 15.2 Å². The molecule has 3 rings (SSSR count). The lowest BCUT2D eigenvalue weighted by Gasteiger charge is -2.10. The molecule has 1 fully saturated rings. The van der Waals surface area contributed by atoms with Crippen LogP contribution in [0.15, 0.2) is 42.1 Å². The number of hydrogen-bond acceptors (Lipinski definition) is 5. The molecule has 0 bridgehead atoms. The summed E-state index contributed by atoms with van der Waals surface area (Å²) >= 11 is 1.32. The predicted octanol–water partition coefficient (Wildman–Crippen LogP) is 2.75. The van der Waals surface area contributed by atoms with Crippen LogP contribution in [0.1, 0.15) is 37.1 Å². The zero-order valence-electron chi connectivity index (χ0n) is 16.0. The van der Waals surface area contributed by atoms with Gasteiger partial charge in [-0.1, -0.05) is 43.0 Å². The Balaban J connectivity index is 1.47. The Bertz CT molecular complexity index is 860. The molecule has 0 saturated heterocycles. The number of benzene rings is 1. The van der Waals surface area contributed by atoms with E-state index in [4.69, 9.17) is 0 Å². The molecule has 2 aromatic rings. The molecule has 8 heteroatoms. The first kappa shape index (κ1) is 20.1. The van der Waals surface area contributed by atoms with Gasteiger partial charge in [0.2, 0.25) is 11.8 Å².